The van der Waals surface area contributed by atoms with Gasteiger partial charge in [0.1, 0.15) is 6.07 Å². The third kappa shape index (κ3) is 2.11. The highest BCUT2D eigenvalue weighted by Gasteiger charge is 2.13. The largest absolute Gasteiger partial charge is 0.494 e. The molecule has 2 aromatic rings. The normalized spacial score (nSPS) is 10.2. The van der Waals surface area contributed by atoms with Gasteiger partial charge in [-0.05, 0) is 25.1 Å². The molecule has 2 N–H and O–H groups in total. The number of aromatic hydroxyl groups is 1. The maximum atomic E-state index is 11.7. The Morgan fingerprint density at radius 2 is 2.11 bits per heavy atom. The van der Waals surface area contributed by atoms with Gasteiger partial charge in [-0.25, -0.2) is 9.36 Å². The number of halogens is 1. The standard InChI is InChI=1S/C12H8ClN3O3/c1-6-10(17)15-12(19)16(11(6)18)8-3-2-7(5-14)9(13)4-8/h2-4,18H,1H3,(H,15,17,19). The van der Waals surface area contributed by atoms with Gasteiger partial charge in [-0.3, -0.25) is 9.78 Å². The van der Waals surface area contributed by atoms with Crippen LogP contribution in [-0.4, -0.2) is 14.7 Å². The summed E-state index contributed by atoms with van der Waals surface area (Å²) in [4.78, 5) is 25.1. The number of hydrogen-bond donors (Lipinski definition) is 2. The Bertz CT molecular complexity index is 814. The number of benzene rings is 1. The summed E-state index contributed by atoms with van der Waals surface area (Å²) in [6.45, 7) is 1.38. The Morgan fingerprint density at radius 1 is 1.42 bits per heavy atom. The lowest BCUT2D eigenvalue weighted by Crippen LogP contribution is -2.30. The minimum atomic E-state index is -0.783. The van der Waals surface area contributed by atoms with Crippen LogP contribution in [0.1, 0.15) is 11.1 Å². The number of aromatic amines is 1. The summed E-state index contributed by atoms with van der Waals surface area (Å²) in [5, 5.41) is 18.8. The van der Waals surface area contributed by atoms with Crippen LogP contribution in [0, 0.1) is 18.3 Å². The van der Waals surface area contributed by atoms with E-state index in [4.69, 9.17) is 16.9 Å². The molecule has 1 aromatic carbocycles. The Labute approximate surface area is 112 Å². The molecule has 0 saturated heterocycles. The van der Waals surface area contributed by atoms with Crippen molar-refractivity contribution in [1.29, 1.82) is 5.26 Å². The fraction of sp³-hybridized carbons (Fsp3) is 0.0833. The molecule has 2 rings (SSSR count). The predicted molar refractivity (Wildman–Crippen MR) is 68.8 cm³/mol. The fourth-order valence-corrected chi connectivity index (χ4v) is 1.80. The van der Waals surface area contributed by atoms with Crippen LogP contribution in [0.5, 0.6) is 5.88 Å². The van der Waals surface area contributed by atoms with Gasteiger partial charge >= 0.3 is 5.69 Å². The summed E-state index contributed by atoms with van der Waals surface area (Å²) in [5.41, 5.74) is -0.919. The van der Waals surface area contributed by atoms with Crippen LogP contribution < -0.4 is 11.2 Å². The highest BCUT2D eigenvalue weighted by Crippen LogP contribution is 2.21. The van der Waals surface area contributed by atoms with Crippen LogP contribution in [-0.2, 0) is 0 Å². The van der Waals surface area contributed by atoms with Gasteiger partial charge in [0.25, 0.3) is 5.56 Å². The van der Waals surface area contributed by atoms with Crippen LogP contribution in [0.2, 0.25) is 5.02 Å². The number of H-pyrrole nitrogens is 1. The molecule has 0 bridgehead atoms. The summed E-state index contributed by atoms with van der Waals surface area (Å²) < 4.78 is 0.907. The second kappa shape index (κ2) is 4.63. The number of nitrogens with zero attached hydrogens (tertiary/aromatic N) is 2. The Balaban J connectivity index is 2.77. The lowest BCUT2D eigenvalue weighted by atomic mass is 10.2. The molecule has 1 aromatic heterocycles. The summed E-state index contributed by atoms with van der Waals surface area (Å²) in [6, 6.07) is 6.11. The monoisotopic (exact) mass is 277 g/mol. The van der Waals surface area contributed by atoms with Crippen LogP contribution in [0.25, 0.3) is 5.69 Å². The molecular weight excluding hydrogens is 270 g/mol. The quantitative estimate of drug-likeness (QED) is 0.814. The third-order valence-electron chi connectivity index (χ3n) is 2.64. The zero-order chi connectivity index (χ0) is 14.2. The first-order valence-electron chi connectivity index (χ1n) is 5.20. The number of rotatable bonds is 1. The number of nitriles is 1. The predicted octanol–water partition coefficient (Wildman–Crippen LogP) is 1.06. The molecule has 6 nitrogen and oxygen atoms in total. The van der Waals surface area contributed by atoms with Gasteiger partial charge in [-0.1, -0.05) is 11.6 Å². The molecular formula is C12H8ClN3O3. The minimum absolute atomic E-state index is 0.0140. The van der Waals surface area contributed by atoms with Crippen molar-refractivity contribution in [2.75, 3.05) is 0 Å². The maximum Gasteiger partial charge on any atom is 0.335 e. The zero-order valence-corrected chi connectivity index (χ0v) is 10.5. The molecule has 0 atom stereocenters. The molecule has 0 aliphatic carbocycles. The van der Waals surface area contributed by atoms with Crippen molar-refractivity contribution < 1.29 is 5.11 Å². The summed E-state index contributed by atoms with van der Waals surface area (Å²) in [5.74, 6) is -0.463. The van der Waals surface area contributed by atoms with Crippen molar-refractivity contribution in [3.63, 3.8) is 0 Å². The first-order chi connectivity index (χ1) is 8.95. The summed E-state index contributed by atoms with van der Waals surface area (Å²) in [7, 11) is 0. The molecule has 0 saturated carbocycles. The maximum absolute atomic E-state index is 11.7. The van der Waals surface area contributed by atoms with E-state index in [-0.39, 0.29) is 21.8 Å². The summed E-state index contributed by atoms with van der Waals surface area (Å²) >= 11 is 5.86. The first kappa shape index (κ1) is 12.9. The smallest absolute Gasteiger partial charge is 0.335 e. The number of aromatic nitrogens is 2. The lowest BCUT2D eigenvalue weighted by molar-refractivity contribution is 0.426. The van der Waals surface area contributed by atoms with Crippen LogP contribution >= 0.6 is 11.6 Å². The van der Waals surface area contributed by atoms with Crippen LogP contribution in [0.3, 0.4) is 0 Å². The molecule has 0 radical (unpaired) electrons. The SMILES string of the molecule is Cc1c(O)n(-c2ccc(C#N)c(Cl)c2)c(=O)[nH]c1=O. The molecule has 19 heavy (non-hydrogen) atoms. The highest BCUT2D eigenvalue weighted by atomic mass is 35.5. The third-order valence-corrected chi connectivity index (χ3v) is 2.96. The van der Waals surface area contributed by atoms with Crippen molar-refractivity contribution in [1.82, 2.24) is 9.55 Å². The molecule has 0 spiro atoms. The topological polar surface area (TPSA) is 98.9 Å². The van der Waals surface area contributed by atoms with Crippen LogP contribution in [0.4, 0.5) is 0 Å². The second-order valence-corrected chi connectivity index (χ2v) is 4.23. The van der Waals surface area contributed by atoms with Gasteiger partial charge in [0.05, 0.1) is 21.8 Å². The van der Waals surface area contributed by atoms with Gasteiger partial charge in [-0.2, -0.15) is 5.26 Å². The van der Waals surface area contributed by atoms with Gasteiger partial charge in [0.2, 0.25) is 5.88 Å². The van der Waals surface area contributed by atoms with E-state index in [2.05, 4.69) is 4.98 Å². The van der Waals surface area contributed by atoms with Crippen LogP contribution in [0.15, 0.2) is 27.8 Å². The molecule has 0 aliphatic heterocycles. The molecule has 0 amide bonds. The Kier molecular flexibility index (Phi) is 3.15. The van der Waals surface area contributed by atoms with E-state index in [1.54, 1.807) is 0 Å². The summed E-state index contributed by atoms with van der Waals surface area (Å²) in [6.07, 6.45) is 0. The lowest BCUT2D eigenvalue weighted by Gasteiger charge is -2.10. The van der Waals surface area contributed by atoms with E-state index in [1.165, 1.54) is 25.1 Å². The molecule has 1 heterocycles. The average molecular weight is 278 g/mol. The molecule has 0 unspecified atom stereocenters. The van der Waals surface area contributed by atoms with Crippen molar-refractivity contribution in [3.05, 3.63) is 55.2 Å². The minimum Gasteiger partial charge on any atom is -0.494 e. The van der Waals surface area contributed by atoms with Crippen molar-refractivity contribution in [3.8, 4) is 17.6 Å². The fourth-order valence-electron chi connectivity index (χ4n) is 1.59. The Morgan fingerprint density at radius 3 is 2.68 bits per heavy atom. The van der Waals surface area contributed by atoms with Gasteiger partial charge < -0.3 is 5.11 Å². The molecule has 0 aliphatic rings. The van der Waals surface area contributed by atoms with Gasteiger partial charge in [0.15, 0.2) is 0 Å². The molecule has 7 heteroatoms. The second-order valence-electron chi connectivity index (χ2n) is 3.82. The van der Waals surface area contributed by atoms with E-state index >= 15 is 0 Å². The van der Waals surface area contributed by atoms with Gasteiger partial charge in [0, 0.05) is 0 Å². The highest BCUT2D eigenvalue weighted by molar-refractivity contribution is 6.31. The van der Waals surface area contributed by atoms with Crippen molar-refractivity contribution >= 4 is 11.6 Å². The Hall–Kier alpha value is -2.52. The zero-order valence-electron chi connectivity index (χ0n) is 9.77. The molecule has 0 fully saturated rings. The number of nitrogens with one attached hydrogen (secondary N) is 1. The molecule has 96 valence electrons. The van der Waals surface area contributed by atoms with E-state index in [9.17, 15) is 14.7 Å². The van der Waals surface area contributed by atoms with Gasteiger partial charge in [-0.15, -0.1) is 0 Å². The number of hydrogen-bond acceptors (Lipinski definition) is 4. The van der Waals surface area contributed by atoms with E-state index in [0.29, 0.717) is 0 Å². The average Bonchev–Trinajstić information content (AvgIpc) is 2.36. The van der Waals surface area contributed by atoms with E-state index < -0.39 is 17.1 Å². The van der Waals surface area contributed by atoms with Crippen molar-refractivity contribution in [2.24, 2.45) is 0 Å². The first-order valence-corrected chi connectivity index (χ1v) is 5.58. The van der Waals surface area contributed by atoms with Crippen molar-refractivity contribution in [2.45, 2.75) is 6.92 Å². The van der Waals surface area contributed by atoms with E-state index in [1.807, 2.05) is 6.07 Å². The van der Waals surface area contributed by atoms with E-state index in [0.717, 1.165) is 4.57 Å².